The average molecular weight is 225 g/mol. The van der Waals surface area contributed by atoms with Crippen LogP contribution in [0.5, 0.6) is 0 Å². The Kier molecular flexibility index (Phi) is 2.52. The molecule has 0 aromatic carbocycles. The summed E-state index contributed by atoms with van der Waals surface area (Å²) in [5.41, 5.74) is 6.21. The number of rotatable bonds is 3. The molecular formula is C10H15N3OS. The van der Waals surface area contributed by atoms with E-state index in [0.717, 1.165) is 23.5 Å². The van der Waals surface area contributed by atoms with E-state index in [2.05, 4.69) is 4.98 Å². The van der Waals surface area contributed by atoms with Crippen LogP contribution in [-0.4, -0.2) is 28.4 Å². The molecule has 2 N–H and O–H groups in total. The molecule has 15 heavy (non-hydrogen) atoms. The summed E-state index contributed by atoms with van der Waals surface area (Å²) in [5, 5.41) is 3.01. The lowest BCUT2D eigenvalue weighted by Crippen LogP contribution is -2.43. The third kappa shape index (κ3) is 2.18. The number of hydrogen-bond donors (Lipinski definition) is 1. The molecule has 1 saturated carbocycles. The van der Waals surface area contributed by atoms with Crippen molar-refractivity contribution in [1.29, 1.82) is 0 Å². The number of hydrogen-bond acceptors (Lipinski definition) is 4. The maximum atomic E-state index is 11.8. The van der Waals surface area contributed by atoms with Gasteiger partial charge in [-0.25, -0.2) is 4.98 Å². The minimum atomic E-state index is -0.570. The summed E-state index contributed by atoms with van der Waals surface area (Å²) in [7, 11) is 1.78. The van der Waals surface area contributed by atoms with E-state index < -0.39 is 5.54 Å². The molecule has 1 fully saturated rings. The highest BCUT2D eigenvalue weighted by atomic mass is 32.1. The van der Waals surface area contributed by atoms with E-state index in [0.29, 0.717) is 6.54 Å². The molecule has 0 unspecified atom stereocenters. The summed E-state index contributed by atoms with van der Waals surface area (Å²) >= 11 is 1.60. The molecule has 5 heteroatoms. The van der Waals surface area contributed by atoms with Gasteiger partial charge in [0, 0.05) is 12.4 Å². The van der Waals surface area contributed by atoms with Crippen LogP contribution in [0.15, 0.2) is 5.38 Å². The molecule has 1 aromatic heterocycles. The second-order valence-electron chi connectivity index (χ2n) is 4.18. The smallest absolute Gasteiger partial charge is 0.242 e. The summed E-state index contributed by atoms with van der Waals surface area (Å²) in [6.45, 7) is 2.52. The van der Waals surface area contributed by atoms with Crippen LogP contribution in [0.1, 0.15) is 23.5 Å². The third-order valence-electron chi connectivity index (χ3n) is 2.63. The van der Waals surface area contributed by atoms with Crippen LogP contribution < -0.4 is 5.73 Å². The van der Waals surface area contributed by atoms with Crippen LogP contribution in [0, 0.1) is 6.92 Å². The van der Waals surface area contributed by atoms with E-state index in [9.17, 15) is 4.79 Å². The number of amides is 1. The van der Waals surface area contributed by atoms with Gasteiger partial charge in [-0.1, -0.05) is 0 Å². The lowest BCUT2D eigenvalue weighted by molar-refractivity contribution is -0.132. The molecule has 0 saturated heterocycles. The topological polar surface area (TPSA) is 59.2 Å². The summed E-state index contributed by atoms with van der Waals surface area (Å²) in [6.07, 6.45) is 1.62. The Morgan fingerprint density at radius 2 is 2.40 bits per heavy atom. The van der Waals surface area contributed by atoms with Gasteiger partial charge in [-0.15, -0.1) is 11.3 Å². The highest BCUT2D eigenvalue weighted by Crippen LogP contribution is 2.34. The zero-order chi connectivity index (χ0) is 11.1. The normalized spacial score (nSPS) is 17.5. The Morgan fingerprint density at radius 1 is 1.73 bits per heavy atom. The van der Waals surface area contributed by atoms with E-state index >= 15 is 0 Å². The second-order valence-corrected chi connectivity index (χ2v) is 5.24. The number of thiazole rings is 1. The number of nitrogens with two attached hydrogens (primary N) is 1. The van der Waals surface area contributed by atoms with Crippen molar-refractivity contribution < 1.29 is 4.79 Å². The predicted molar refractivity (Wildman–Crippen MR) is 59.5 cm³/mol. The lowest BCUT2D eigenvalue weighted by atomic mass is 10.2. The molecule has 0 atom stereocenters. The van der Waals surface area contributed by atoms with Crippen LogP contribution in [0.2, 0.25) is 0 Å². The Hall–Kier alpha value is -0.940. The molecule has 0 aliphatic heterocycles. The van der Waals surface area contributed by atoms with E-state index in [1.165, 1.54) is 0 Å². The summed E-state index contributed by atoms with van der Waals surface area (Å²) in [5.74, 6) is 0.0353. The molecule has 82 valence electrons. The Morgan fingerprint density at radius 3 is 2.87 bits per heavy atom. The fraction of sp³-hybridized carbons (Fsp3) is 0.600. The lowest BCUT2D eigenvalue weighted by Gasteiger charge is -2.19. The number of carbonyl (C=O) groups excluding carboxylic acids is 1. The van der Waals surface area contributed by atoms with Gasteiger partial charge in [0.05, 0.1) is 22.8 Å². The minimum Gasteiger partial charge on any atom is -0.338 e. The zero-order valence-corrected chi connectivity index (χ0v) is 9.80. The van der Waals surface area contributed by atoms with Gasteiger partial charge >= 0.3 is 0 Å². The van der Waals surface area contributed by atoms with Crippen molar-refractivity contribution >= 4 is 17.2 Å². The first-order valence-corrected chi connectivity index (χ1v) is 5.85. The van der Waals surface area contributed by atoms with Crippen molar-refractivity contribution in [2.24, 2.45) is 5.73 Å². The van der Waals surface area contributed by atoms with Gasteiger partial charge in [-0.3, -0.25) is 4.79 Å². The van der Waals surface area contributed by atoms with Crippen molar-refractivity contribution in [2.75, 3.05) is 7.05 Å². The molecule has 0 radical (unpaired) electrons. The molecule has 1 heterocycles. The van der Waals surface area contributed by atoms with Crippen molar-refractivity contribution in [3.8, 4) is 0 Å². The van der Waals surface area contributed by atoms with Crippen molar-refractivity contribution in [2.45, 2.75) is 31.8 Å². The molecule has 1 aliphatic rings. The molecule has 1 aromatic rings. The molecule has 4 nitrogen and oxygen atoms in total. The van der Waals surface area contributed by atoms with Gasteiger partial charge in [-0.05, 0) is 19.8 Å². The summed E-state index contributed by atoms with van der Waals surface area (Å²) in [6, 6.07) is 0. The SMILES string of the molecule is Cc1nc(CN(C)C(=O)C2(N)CC2)cs1. The first-order valence-electron chi connectivity index (χ1n) is 4.97. The van der Waals surface area contributed by atoms with Gasteiger partial charge in [-0.2, -0.15) is 0 Å². The van der Waals surface area contributed by atoms with Gasteiger partial charge in [0.2, 0.25) is 5.91 Å². The molecule has 2 rings (SSSR count). The average Bonchev–Trinajstić information content (AvgIpc) is 2.80. The highest BCUT2D eigenvalue weighted by molar-refractivity contribution is 7.09. The molecule has 1 amide bonds. The van der Waals surface area contributed by atoms with Gasteiger partial charge in [0.1, 0.15) is 0 Å². The monoisotopic (exact) mass is 225 g/mol. The van der Waals surface area contributed by atoms with Crippen LogP contribution >= 0.6 is 11.3 Å². The largest absolute Gasteiger partial charge is 0.338 e. The maximum absolute atomic E-state index is 11.8. The number of aryl methyl sites for hydroxylation is 1. The van der Waals surface area contributed by atoms with Crippen LogP contribution in [0.25, 0.3) is 0 Å². The quantitative estimate of drug-likeness (QED) is 0.831. The first kappa shape index (κ1) is 10.6. The Bertz CT molecular complexity index is 384. The Balaban J connectivity index is 1.97. The maximum Gasteiger partial charge on any atom is 0.242 e. The van der Waals surface area contributed by atoms with Crippen LogP contribution in [0.3, 0.4) is 0 Å². The van der Waals surface area contributed by atoms with Crippen LogP contribution in [-0.2, 0) is 11.3 Å². The number of carbonyl (C=O) groups is 1. The Labute approximate surface area is 93.1 Å². The number of likely N-dealkylation sites (N-methyl/N-ethyl adjacent to an activating group) is 1. The van der Waals surface area contributed by atoms with E-state index in [4.69, 9.17) is 5.73 Å². The predicted octanol–water partition coefficient (Wildman–Crippen LogP) is 0.901. The number of aromatic nitrogens is 1. The van der Waals surface area contributed by atoms with Crippen molar-refractivity contribution in [3.05, 3.63) is 16.1 Å². The highest BCUT2D eigenvalue weighted by Gasteiger charge is 2.47. The van der Waals surface area contributed by atoms with Gasteiger partial charge in [0.25, 0.3) is 0 Å². The molecule has 0 spiro atoms. The third-order valence-corrected chi connectivity index (χ3v) is 3.45. The standard InChI is InChI=1S/C10H15N3OS/c1-7-12-8(6-15-7)5-13(2)9(14)10(11)3-4-10/h6H,3-5,11H2,1-2H3. The fourth-order valence-corrected chi connectivity index (χ4v) is 2.13. The van der Waals surface area contributed by atoms with E-state index in [-0.39, 0.29) is 5.91 Å². The van der Waals surface area contributed by atoms with E-state index in [1.54, 1.807) is 23.3 Å². The summed E-state index contributed by atoms with van der Waals surface area (Å²) < 4.78 is 0. The number of nitrogens with zero attached hydrogens (tertiary/aromatic N) is 2. The summed E-state index contributed by atoms with van der Waals surface area (Å²) in [4.78, 5) is 17.8. The van der Waals surface area contributed by atoms with Crippen molar-refractivity contribution in [3.63, 3.8) is 0 Å². The second kappa shape index (κ2) is 3.57. The minimum absolute atomic E-state index is 0.0353. The molecule has 1 aliphatic carbocycles. The zero-order valence-electron chi connectivity index (χ0n) is 8.99. The van der Waals surface area contributed by atoms with E-state index in [1.807, 2.05) is 12.3 Å². The fourth-order valence-electron chi connectivity index (χ4n) is 1.52. The van der Waals surface area contributed by atoms with Gasteiger partial charge in [0.15, 0.2) is 0 Å². The van der Waals surface area contributed by atoms with Crippen molar-refractivity contribution in [1.82, 2.24) is 9.88 Å². The molecule has 0 bridgehead atoms. The molecular weight excluding hydrogens is 210 g/mol. The van der Waals surface area contributed by atoms with Gasteiger partial charge < -0.3 is 10.6 Å². The van der Waals surface area contributed by atoms with Crippen LogP contribution in [0.4, 0.5) is 0 Å². The first-order chi connectivity index (χ1) is 7.01.